The Kier molecular flexibility index (Phi) is 4.27. The molecule has 4 rings (SSSR count). The van der Waals surface area contributed by atoms with Gasteiger partial charge in [0.2, 0.25) is 17.6 Å². The first kappa shape index (κ1) is 16.1. The van der Waals surface area contributed by atoms with E-state index < -0.39 is 0 Å². The van der Waals surface area contributed by atoms with Gasteiger partial charge in [0.25, 0.3) is 0 Å². The molecule has 4 aromatic rings. The standard InChI is InChI=1S/C19H18N4O3/c1-2-23-10-9-13-12-14(5-6-15(13)23)20-17(24)7-8-18-21-19(22-26-18)16-4-3-11-25-16/h3-6,9-12H,2,7-8H2,1H3,(H,20,24). The molecule has 3 heterocycles. The van der Waals surface area contributed by atoms with E-state index in [1.54, 1.807) is 18.4 Å². The maximum absolute atomic E-state index is 12.2. The Balaban J connectivity index is 1.37. The molecule has 132 valence electrons. The number of furan rings is 1. The van der Waals surface area contributed by atoms with Crippen molar-refractivity contribution >= 4 is 22.5 Å². The third-order valence-corrected chi connectivity index (χ3v) is 4.17. The highest BCUT2D eigenvalue weighted by Gasteiger charge is 2.12. The van der Waals surface area contributed by atoms with Gasteiger partial charge in [0.1, 0.15) is 0 Å². The Hall–Kier alpha value is -3.35. The number of nitrogens with one attached hydrogen (secondary N) is 1. The van der Waals surface area contributed by atoms with Gasteiger partial charge in [-0.15, -0.1) is 0 Å². The molecule has 3 aromatic heterocycles. The molecule has 0 spiro atoms. The molecule has 1 amide bonds. The van der Waals surface area contributed by atoms with E-state index in [2.05, 4.69) is 26.9 Å². The van der Waals surface area contributed by atoms with Gasteiger partial charge >= 0.3 is 0 Å². The zero-order chi connectivity index (χ0) is 17.9. The van der Waals surface area contributed by atoms with Gasteiger partial charge in [-0.3, -0.25) is 4.79 Å². The van der Waals surface area contributed by atoms with Crippen molar-refractivity contribution in [3.8, 4) is 11.6 Å². The number of anilines is 1. The summed E-state index contributed by atoms with van der Waals surface area (Å²) in [5.41, 5.74) is 1.93. The summed E-state index contributed by atoms with van der Waals surface area (Å²) in [6, 6.07) is 11.5. The number of rotatable bonds is 6. The van der Waals surface area contributed by atoms with Crippen LogP contribution in [0.4, 0.5) is 5.69 Å². The highest BCUT2D eigenvalue weighted by molar-refractivity contribution is 5.94. The number of aromatic nitrogens is 3. The molecule has 0 saturated carbocycles. The Bertz CT molecular complexity index is 1030. The average Bonchev–Trinajstić information content (AvgIpc) is 3.38. The maximum atomic E-state index is 12.2. The summed E-state index contributed by atoms with van der Waals surface area (Å²) in [5.74, 6) is 1.23. The number of hydrogen-bond acceptors (Lipinski definition) is 5. The molecular formula is C19H18N4O3. The van der Waals surface area contributed by atoms with Crippen molar-refractivity contribution in [2.24, 2.45) is 0 Å². The Morgan fingerprint density at radius 1 is 1.27 bits per heavy atom. The SMILES string of the molecule is CCn1ccc2cc(NC(=O)CCc3nc(-c4ccco4)no3)ccc21. The molecule has 7 heteroatoms. The predicted octanol–water partition coefficient (Wildman–Crippen LogP) is 3.88. The molecule has 0 fully saturated rings. The minimum absolute atomic E-state index is 0.1000. The Morgan fingerprint density at radius 3 is 3.00 bits per heavy atom. The molecule has 0 aliphatic heterocycles. The monoisotopic (exact) mass is 350 g/mol. The van der Waals surface area contributed by atoms with Crippen LogP contribution in [0.3, 0.4) is 0 Å². The van der Waals surface area contributed by atoms with E-state index in [1.165, 1.54) is 0 Å². The highest BCUT2D eigenvalue weighted by Crippen LogP contribution is 2.21. The van der Waals surface area contributed by atoms with Crippen molar-refractivity contribution in [1.82, 2.24) is 14.7 Å². The number of benzene rings is 1. The van der Waals surface area contributed by atoms with E-state index in [0.29, 0.717) is 23.9 Å². The first-order valence-corrected chi connectivity index (χ1v) is 8.48. The number of aryl methyl sites for hydroxylation is 2. The van der Waals surface area contributed by atoms with Crippen LogP contribution in [0.5, 0.6) is 0 Å². The fourth-order valence-corrected chi connectivity index (χ4v) is 2.86. The molecule has 0 aliphatic rings. The van der Waals surface area contributed by atoms with Crippen LogP contribution in [-0.2, 0) is 17.8 Å². The molecule has 0 radical (unpaired) electrons. The second kappa shape index (κ2) is 6.87. The maximum Gasteiger partial charge on any atom is 0.238 e. The number of fused-ring (bicyclic) bond motifs is 1. The lowest BCUT2D eigenvalue weighted by Gasteiger charge is -2.06. The first-order valence-electron chi connectivity index (χ1n) is 8.48. The van der Waals surface area contributed by atoms with E-state index in [4.69, 9.17) is 8.94 Å². The van der Waals surface area contributed by atoms with Gasteiger partial charge < -0.3 is 18.8 Å². The third kappa shape index (κ3) is 3.23. The molecule has 0 bridgehead atoms. The van der Waals surface area contributed by atoms with Crippen molar-refractivity contribution in [3.05, 3.63) is 54.7 Å². The van der Waals surface area contributed by atoms with Crippen LogP contribution >= 0.6 is 0 Å². The van der Waals surface area contributed by atoms with Gasteiger partial charge in [0, 0.05) is 42.2 Å². The second-order valence-electron chi connectivity index (χ2n) is 5.91. The Morgan fingerprint density at radius 2 is 2.19 bits per heavy atom. The van der Waals surface area contributed by atoms with Gasteiger partial charge in [-0.2, -0.15) is 4.98 Å². The topological polar surface area (TPSA) is 86.1 Å². The molecule has 0 aliphatic carbocycles. The van der Waals surface area contributed by atoms with Gasteiger partial charge in [0.15, 0.2) is 5.76 Å². The van der Waals surface area contributed by atoms with Crippen LogP contribution in [0.2, 0.25) is 0 Å². The van der Waals surface area contributed by atoms with Gasteiger partial charge in [-0.25, -0.2) is 0 Å². The van der Waals surface area contributed by atoms with Crippen LogP contribution in [0.1, 0.15) is 19.2 Å². The molecule has 26 heavy (non-hydrogen) atoms. The van der Waals surface area contributed by atoms with E-state index >= 15 is 0 Å². The van der Waals surface area contributed by atoms with Crippen molar-refractivity contribution in [1.29, 1.82) is 0 Å². The molecule has 1 aromatic carbocycles. The number of carbonyl (C=O) groups excluding carboxylic acids is 1. The lowest BCUT2D eigenvalue weighted by molar-refractivity contribution is -0.116. The van der Waals surface area contributed by atoms with Crippen molar-refractivity contribution in [3.63, 3.8) is 0 Å². The summed E-state index contributed by atoms with van der Waals surface area (Å²) in [6.45, 7) is 3.02. The fourth-order valence-electron chi connectivity index (χ4n) is 2.86. The van der Waals surface area contributed by atoms with Crippen LogP contribution in [0.15, 0.2) is 57.8 Å². The van der Waals surface area contributed by atoms with Crippen LogP contribution < -0.4 is 5.32 Å². The molecule has 0 unspecified atom stereocenters. The molecular weight excluding hydrogens is 332 g/mol. The number of nitrogens with zero attached hydrogens (tertiary/aromatic N) is 3. The average molecular weight is 350 g/mol. The van der Waals surface area contributed by atoms with E-state index in [0.717, 1.165) is 23.1 Å². The van der Waals surface area contributed by atoms with Crippen molar-refractivity contribution < 1.29 is 13.7 Å². The van der Waals surface area contributed by atoms with Crippen LogP contribution in [-0.4, -0.2) is 20.6 Å². The first-order chi connectivity index (χ1) is 12.7. The highest BCUT2D eigenvalue weighted by atomic mass is 16.5. The molecule has 7 nitrogen and oxygen atoms in total. The molecule has 0 atom stereocenters. The van der Waals surface area contributed by atoms with E-state index in [1.807, 2.05) is 30.5 Å². The number of carbonyl (C=O) groups is 1. The van der Waals surface area contributed by atoms with Gasteiger partial charge in [0.05, 0.1) is 6.26 Å². The number of hydrogen-bond donors (Lipinski definition) is 1. The predicted molar refractivity (Wildman–Crippen MR) is 96.6 cm³/mol. The number of amides is 1. The summed E-state index contributed by atoms with van der Waals surface area (Å²) in [6.07, 6.45) is 4.22. The largest absolute Gasteiger partial charge is 0.461 e. The zero-order valence-corrected chi connectivity index (χ0v) is 14.3. The summed E-state index contributed by atoms with van der Waals surface area (Å²) >= 11 is 0. The van der Waals surface area contributed by atoms with Gasteiger partial charge in [-0.1, -0.05) is 5.16 Å². The minimum Gasteiger partial charge on any atom is -0.461 e. The minimum atomic E-state index is -0.1000. The summed E-state index contributed by atoms with van der Waals surface area (Å²) in [7, 11) is 0. The molecule has 1 N–H and O–H groups in total. The smallest absolute Gasteiger partial charge is 0.238 e. The lowest BCUT2D eigenvalue weighted by Crippen LogP contribution is -2.12. The van der Waals surface area contributed by atoms with E-state index in [-0.39, 0.29) is 12.3 Å². The van der Waals surface area contributed by atoms with Crippen molar-refractivity contribution in [2.75, 3.05) is 5.32 Å². The third-order valence-electron chi connectivity index (χ3n) is 4.17. The quantitative estimate of drug-likeness (QED) is 0.570. The van der Waals surface area contributed by atoms with E-state index in [9.17, 15) is 4.79 Å². The zero-order valence-electron chi connectivity index (χ0n) is 14.3. The Labute approximate surface area is 149 Å². The molecule has 0 saturated heterocycles. The summed E-state index contributed by atoms with van der Waals surface area (Å²) in [4.78, 5) is 16.4. The summed E-state index contributed by atoms with van der Waals surface area (Å²) < 4.78 is 12.5. The normalized spacial score (nSPS) is 11.1. The lowest BCUT2D eigenvalue weighted by atomic mass is 10.2. The van der Waals surface area contributed by atoms with Gasteiger partial charge in [-0.05, 0) is 43.3 Å². The fraction of sp³-hybridized carbons (Fsp3) is 0.211. The van der Waals surface area contributed by atoms with Crippen LogP contribution in [0, 0.1) is 0 Å². The second-order valence-corrected chi connectivity index (χ2v) is 5.91. The summed E-state index contributed by atoms with van der Waals surface area (Å²) in [5, 5.41) is 7.86. The van der Waals surface area contributed by atoms with Crippen LogP contribution in [0.25, 0.3) is 22.5 Å². The van der Waals surface area contributed by atoms with Crippen molar-refractivity contribution in [2.45, 2.75) is 26.3 Å².